The van der Waals surface area contributed by atoms with E-state index in [1.165, 1.54) is 6.20 Å². The van der Waals surface area contributed by atoms with Crippen LogP contribution in [0.15, 0.2) is 30.0 Å². The summed E-state index contributed by atoms with van der Waals surface area (Å²) in [6, 6.07) is 0. The van der Waals surface area contributed by atoms with Gasteiger partial charge in [0.2, 0.25) is 0 Å². The van der Waals surface area contributed by atoms with Crippen molar-refractivity contribution in [2.75, 3.05) is 0 Å². The summed E-state index contributed by atoms with van der Waals surface area (Å²) in [5.74, 6) is -3.17. The molecule has 0 radical (unpaired) electrons. The van der Waals surface area contributed by atoms with E-state index < -0.39 is 17.5 Å². The molecule has 6 nitrogen and oxygen atoms in total. The number of allylic oxidation sites excluding steroid dienone is 1. The van der Waals surface area contributed by atoms with Crippen molar-refractivity contribution in [1.82, 2.24) is 9.78 Å². The molecule has 0 saturated heterocycles. The monoisotopic (exact) mass is 266 g/mol. The number of carbonyl (C=O) groups excluding carboxylic acids is 1. The molecule has 0 amide bonds. The van der Waals surface area contributed by atoms with E-state index in [0.717, 1.165) is 6.42 Å². The van der Waals surface area contributed by atoms with Crippen LogP contribution >= 0.6 is 11.8 Å². The van der Waals surface area contributed by atoms with Crippen molar-refractivity contribution >= 4 is 29.3 Å². The highest BCUT2D eigenvalue weighted by molar-refractivity contribution is 8.02. The Balaban J connectivity index is 2.14. The number of ketones is 1. The van der Waals surface area contributed by atoms with E-state index in [0.29, 0.717) is 11.6 Å². The summed E-state index contributed by atoms with van der Waals surface area (Å²) in [7, 11) is 0. The van der Waals surface area contributed by atoms with E-state index >= 15 is 0 Å². The van der Waals surface area contributed by atoms with Crippen molar-refractivity contribution in [3.05, 3.63) is 35.5 Å². The Morgan fingerprint density at radius 3 is 2.89 bits per heavy atom. The summed E-state index contributed by atoms with van der Waals surface area (Å²) in [5, 5.41) is 24.2. The van der Waals surface area contributed by atoms with Crippen LogP contribution in [-0.2, 0) is 9.59 Å². The molecule has 1 aromatic rings. The molecule has 0 aromatic carbocycles. The molecule has 0 fully saturated rings. The van der Waals surface area contributed by atoms with Crippen molar-refractivity contribution in [2.24, 2.45) is 0 Å². The second-order valence-electron chi connectivity index (χ2n) is 3.61. The van der Waals surface area contributed by atoms with E-state index in [-0.39, 0.29) is 5.37 Å². The predicted molar refractivity (Wildman–Crippen MR) is 65.9 cm³/mol. The molecule has 1 aliphatic rings. The third kappa shape index (κ3) is 2.62. The Morgan fingerprint density at radius 2 is 2.28 bits per heavy atom. The number of hydrogen-bond donors (Lipinski definition) is 2. The summed E-state index contributed by atoms with van der Waals surface area (Å²) in [4.78, 5) is 21.3. The second kappa shape index (κ2) is 5.09. The molecule has 1 atom stereocenters. The maximum atomic E-state index is 10.9. The molecule has 2 N–H and O–H groups in total. The first-order valence-electron chi connectivity index (χ1n) is 5.11. The number of carboxylic acids is 1. The molecule has 94 valence electrons. The highest BCUT2D eigenvalue weighted by Gasteiger charge is 2.16. The SMILES string of the molecule is O=C(O)C(=O)C=C(O)c1cnn(C2CC=CS2)c1. The van der Waals surface area contributed by atoms with Gasteiger partial charge in [-0.2, -0.15) is 5.10 Å². The first kappa shape index (κ1) is 12.4. The smallest absolute Gasteiger partial charge is 0.376 e. The zero-order chi connectivity index (χ0) is 13.1. The number of hydrogen-bond acceptors (Lipinski definition) is 5. The van der Waals surface area contributed by atoms with Crippen molar-refractivity contribution in [2.45, 2.75) is 11.8 Å². The number of rotatable bonds is 4. The number of nitrogens with zero attached hydrogens (tertiary/aromatic N) is 2. The Hall–Kier alpha value is -2.02. The Morgan fingerprint density at radius 1 is 1.50 bits per heavy atom. The lowest BCUT2D eigenvalue weighted by Gasteiger charge is -2.07. The predicted octanol–water partition coefficient (Wildman–Crippen LogP) is 1.58. The van der Waals surface area contributed by atoms with Gasteiger partial charge in [0.25, 0.3) is 5.78 Å². The molecule has 2 heterocycles. The average Bonchev–Trinajstić information content (AvgIpc) is 2.99. The zero-order valence-electron chi connectivity index (χ0n) is 9.18. The minimum absolute atomic E-state index is 0.140. The molecular formula is C11H10N2O4S. The lowest BCUT2D eigenvalue weighted by Crippen LogP contribution is -2.09. The second-order valence-corrected chi connectivity index (χ2v) is 4.69. The molecule has 0 saturated carbocycles. The van der Waals surface area contributed by atoms with Crippen molar-refractivity contribution in [3.63, 3.8) is 0 Å². The van der Waals surface area contributed by atoms with Crippen LogP contribution in [0.5, 0.6) is 0 Å². The molecule has 0 aliphatic carbocycles. The largest absolute Gasteiger partial charge is 0.507 e. The quantitative estimate of drug-likeness (QED) is 0.488. The van der Waals surface area contributed by atoms with Crippen LogP contribution in [0.25, 0.3) is 5.76 Å². The van der Waals surface area contributed by atoms with Crippen LogP contribution < -0.4 is 0 Å². The number of aliphatic hydroxyl groups excluding tert-OH is 1. The van der Waals surface area contributed by atoms with Gasteiger partial charge < -0.3 is 10.2 Å². The van der Waals surface area contributed by atoms with Gasteiger partial charge >= 0.3 is 5.97 Å². The topological polar surface area (TPSA) is 92.4 Å². The number of thioether (sulfide) groups is 1. The number of aliphatic carboxylic acids is 1. The third-order valence-electron chi connectivity index (χ3n) is 2.34. The Labute approximate surface area is 107 Å². The van der Waals surface area contributed by atoms with Gasteiger partial charge in [-0.15, -0.1) is 11.8 Å². The van der Waals surface area contributed by atoms with E-state index in [4.69, 9.17) is 5.11 Å². The van der Waals surface area contributed by atoms with Gasteiger partial charge in [-0.1, -0.05) is 6.08 Å². The number of carboxylic acid groups (broad SMARTS) is 1. The molecule has 0 bridgehead atoms. The summed E-state index contributed by atoms with van der Waals surface area (Å²) >= 11 is 1.60. The molecule has 1 aromatic heterocycles. The standard InChI is InChI=1S/C11H10N2O4S/c14-8(4-9(15)11(16)17)7-5-12-13(6-7)10-2-1-3-18-10/h1,3-6,10,14H,2H2,(H,16,17). The maximum Gasteiger partial charge on any atom is 0.376 e. The van der Waals surface area contributed by atoms with Gasteiger partial charge in [0.1, 0.15) is 11.1 Å². The van der Waals surface area contributed by atoms with Gasteiger partial charge in [0.05, 0.1) is 11.8 Å². The molecule has 2 rings (SSSR count). The normalized spacial score (nSPS) is 19.1. The van der Waals surface area contributed by atoms with E-state index in [1.54, 1.807) is 22.6 Å². The summed E-state index contributed by atoms with van der Waals surface area (Å²) in [6.45, 7) is 0. The van der Waals surface area contributed by atoms with E-state index in [9.17, 15) is 14.7 Å². The van der Waals surface area contributed by atoms with Crippen LogP contribution in [0.2, 0.25) is 0 Å². The summed E-state index contributed by atoms with van der Waals surface area (Å²) < 4.78 is 1.66. The molecule has 7 heteroatoms. The molecule has 0 spiro atoms. The van der Waals surface area contributed by atoms with Crippen LogP contribution in [0, 0.1) is 0 Å². The minimum atomic E-state index is -1.61. The van der Waals surface area contributed by atoms with Crippen molar-refractivity contribution in [3.8, 4) is 0 Å². The highest BCUT2D eigenvalue weighted by Crippen LogP contribution is 2.33. The maximum absolute atomic E-state index is 10.9. The zero-order valence-corrected chi connectivity index (χ0v) is 10.0. The van der Waals surface area contributed by atoms with Gasteiger partial charge in [-0.25, -0.2) is 4.79 Å². The number of aliphatic hydroxyl groups is 1. The minimum Gasteiger partial charge on any atom is -0.507 e. The third-order valence-corrected chi connectivity index (χ3v) is 3.41. The van der Waals surface area contributed by atoms with Gasteiger partial charge in [-0.05, 0) is 11.8 Å². The lowest BCUT2D eigenvalue weighted by atomic mass is 10.2. The van der Waals surface area contributed by atoms with E-state index in [2.05, 4.69) is 5.10 Å². The van der Waals surface area contributed by atoms with Gasteiger partial charge in [0.15, 0.2) is 0 Å². The lowest BCUT2D eigenvalue weighted by molar-refractivity contribution is -0.146. The fraction of sp³-hybridized carbons (Fsp3) is 0.182. The van der Waals surface area contributed by atoms with Crippen molar-refractivity contribution in [1.29, 1.82) is 0 Å². The summed E-state index contributed by atoms with van der Waals surface area (Å²) in [6.07, 6.45) is 6.49. The van der Waals surface area contributed by atoms with Crippen LogP contribution in [-0.4, -0.2) is 31.7 Å². The first-order chi connectivity index (χ1) is 8.58. The Kier molecular flexibility index (Phi) is 3.52. The first-order valence-corrected chi connectivity index (χ1v) is 6.05. The molecular weight excluding hydrogens is 256 g/mol. The number of aromatic nitrogens is 2. The molecule has 18 heavy (non-hydrogen) atoms. The average molecular weight is 266 g/mol. The van der Waals surface area contributed by atoms with Crippen LogP contribution in [0.3, 0.4) is 0 Å². The molecule has 1 aliphatic heterocycles. The van der Waals surface area contributed by atoms with Crippen molar-refractivity contribution < 1.29 is 19.8 Å². The summed E-state index contributed by atoms with van der Waals surface area (Å²) in [5.41, 5.74) is 0.317. The van der Waals surface area contributed by atoms with Gasteiger partial charge in [0, 0.05) is 12.3 Å². The highest BCUT2D eigenvalue weighted by atomic mass is 32.2. The Bertz CT molecular complexity index is 539. The fourth-order valence-electron chi connectivity index (χ4n) is 1.44. The number of carbonyl (C=O) groups is 2. The van der Waals surface area contributed by atoms with Crippen LogP contribution in [0.1, 0.15) is 17.4 Å². The van der Waals surface area contributed by atoms with E-state index in [1.807, 2.05) is 11.5 Å². The van der Waals surface area contributed by atoms with Crippen LogP contribution in [0.4, 0.5) is 0 Å². The fourth-order valence-corrected chi connectivity index (χ4v) is 2.31. The van der Waals surface area contributed by atoms with Gasteiger partial charge in [-0.3, -0.25) is 9.48 Å². The molecule has 1 unspecified atom stereocenters.